The summed E-state index contributed by atoms with van der Waals surface area (Å²) in [6, 6.07) is 8.04. The van der Waals surface area contributed by atoms with Crippen LogP contribution in [0.3, 0.4) is 0 Å². The van der Waals surface area contributed by atoms with Crippen LogP contribution in [0.5, 0.6) is 0 Å². The highest BCUT2D eigenvalue weighted by Crippen LogP contribution is 2.16. The van der Waals surface area contributed by atoms with E-state index in [0.29, 0.717) is 0 Å². The molecule has 0 aliphatic rings. The van der Waals surface area contributed by atoms with Crippen LogP contribution in [0, 0.1) is 0 Å². The number of benzene rings is 1. The summed E-state index contributed by atoms with van der Waals surface area (Å²) in [4.78, 5) is 0.196. The fourth-order valence-corrected chi connectivity index (χ4v) is 1.84. The molecule has 1 aromatic carbocycles. The lowest BCUT2D eigenvalue weighted by molar-refractivity contribution is 0.318. The largest absolute Gasteiger partial charge is 0.487 e. The number of hydrogen-bond donors (Lipinski definition) is 0. The standard InChI is InChI=1S/C9H10O3S/c1-8(12-2)13(10,11)9-6-4-3-5-7-9/h3-7H,1H2,2H3. The minimum absolute atomic E-state index is 0.196. The van der Waals surface area contributed by atoms with Crippen molar-refractivity contribution >= 4 is 9.84 Å². The second-order valence-electron chi connectivity index (χ2n) is 2.39. The van der Waals surface area contributed by atoms with Crippen LogP contribution in [0.25, 0.3) is 0 Å². The second-order valence-corrected chi connectivity index (χ2v) is 4.33. The van der Waals surface area contributed by atoms with Crippen LogP contribution in [-0.2, 0) is 14.6 Å². The van der Waals surface area contributed by atoms with Crippen molar-refractivity contribution in [3.05, 3.63) is 42.0 Å². The van der Waals surface area contributed by atoms with Crippen LogP contribution in [-0.4, -0.2) is 15.5 Å². The van der Waals surface area contributed by atoms with Gasteiger partial charge in [0.15, 0.2) is 0 Å². The molecule has 0 saturated heterocycles. The molecule has 0 amide bonds. The maximum absolute atomic E-state index is 11.5. The topological polar surface area (TPSA) is 43.4 Å². The van der Waals surface area contributed by atoms with E-state index >= 15 is 0 Å². The number of hydrogen-bond acceptors (Lipinski definition) is 3. The van der Waals surface area contributed by atoms with E-state index in [0.717, 1.165) is 0 Å². The summed E-state index contributed by atoms with van der Waals surface area (Å²) in [5.41, 5.74) is 0. The maximum Gasteiger partial charge on any atom is 0.238 e. The van der Waals surface area contributed by atoms with E-state index in [1.165, 1.54) is 19.2 Å². The van der Waals surface area contributed by atoms with Crippen LogP contribution < -0.4 is 0 Å². The third-order valence-corrected chi connectivity index (χ3v) is 3.24. The van der Waals surface area contributed by atoms with Gasteiger partial charge < -0.3 is 4.74 Å². The number of ether oxygens (including phenoxy) is 1. The molecule has 0 atom stereocenters. The molecule has 1 aromatic rings. The Balaban J connectivity index is 3.17. The zero-order chi connectivity index (χ0) is 9.90. The van der Waals surface area contributed by atoms with Gasteiger partial charge in [-0.25, -0.2) is 8.42 Å². The molecular formula is C9H10O3S. The van der Waals surface area contributed by atoms with Crippen molar-refractivity contribution in [1.29, 1.82) is 0 Å². The minimum Gasteiger partial charge on any atom is -0.487 e. The summed E-state index contributed by atoms with van der Waals surface area (Å²) in [6.45, 7) is 3.31. The molecule has 1 rings (SSSR count). The molecule has 0 bridgehead atoms. The molecule has 0 saturated carbocycles. The Morgan fingerprint density at radius 1 is 1.31 bits per heavy atom. The van der Waals surface area contributed by atoms with Gasteiger partial charge in [-0.2, -0.15) is 0 Å². The molecule has 0 aromatic heterocycles. The average molecular weight is 198 g/mol. The molecule has 0 N–H and O–H groups in total. The van der Waals surface area contributed by atoms with E-state index in [1.807, 2.05) is 0 Å². The molecule has 4 heteroatoms. The molecule has 0 spiro atoms. The Bertz CT molecular complexity index is 392. The van der Waals surface area contributed by atoms with Gasteiger partial charge in [0.05, 0.1) is 12.0 Å². The first-order valence-corrected chi connectivity index (χ1v) is 5.10. The first kappa shape index (κ1) is 9.80. The highest BCUT2D eigenvalue weighted by molar-refractivity contribution is 7.95. The van der Waals surface area contributed by atoms with E-state index in [1.54, 1.807) is 18.2 Å². The van der Waals surface area contributed by atoms with Crippen molar-refractivity contribution in [2.75, 3.05) is 7.11 Å². The number of rotatable bonds is 3. The van der Waals surface area contributed by atoms with Crippen LogP contribution >= 0.6 is 0 Å². The van der Waals surface area contributed by atoms with Gasteiger partial charge in [0, 0.05) is 0 Å². The Labute approximate surface area is 77.6 Å². The summed E-state index contributed by atoms with van der Waals surface area (Å²) >= 11 is 0. The van der Waals surface area contributed by atoms with Gasteiger partial charge in [-0.05, 0) is 18.7 Å². The predicted molar refractivity (Wildman–Crippen MR) is 49.8 cm³/mol. The molecule has 13 heavy (non-hydrogen) atoms. The Morgan fingerprint density at radius 2 is 1.85 bits per heavy atom. The van der Waals surface area contributed by atoms with E-state index < -0.39 is 9.84 Å². The van der Waals surface area contributed by atoms with Crippen LogP contribution in [0.1, 0.15) is 0 Å². The lowest BCUT2D eigenvalue weighted by Crippen LogP contribution is -2.04. The zero-order valence-electron chi connectivity index (χ0n) is 7.23. The number of methoxy groups -OCH3 is 1. The summed E-state index contributed by atoms with van der Waals surface area (Å²) in [5.74, 6) is 0. The Hall–Kier alpha value is -1.29. The van der Waals surface area contributed by atoms with Crippen molar-refractivity contribution in [2.24, 2.45) is 0 Å². The highest BCUT2D eigenvalue weighted by Gasteiger charge is 2.18. The minimum atomic E-state index is -3.51. The quantitative estimate of drug-likeness (QED) is 0.692. The van der Waals surface area contributed by atoms with Crippen molar-refractivity contribution in [1.82, 2.24) is 0 Å². The predicted octanol–water partition coefficient (Wildman–Crippen LogP) is 1.58. The molecule has 0 fully saturated rings. The fourth-order valence-electron chi connectivity index (χ4n) is 0.841. The highest BCUT2D eigenvalue weighted by atomic mass is 32.2. The van der Waals surface area contributed by atoms with Gasteiger partial charge in [-0.3, -0.25) is 0 Å². The summed E-state index contributed by atoms with van der Waals surface area (Å²) in [7, 11) is -2.23. The summed E-state index contributed by atoms with van der Waals surface area (Å²) in [5, 5.41) is -0.237. The van der Waals surface area contributed by atoms with Gasteiger partial charge in [-0.1, -0.05) is 18.2 Å². The lowest BCUT2D eigenvalue weighted by atomic mass is 10.4. The molecule has 0 radical (unpaired) electrons. The van der Waals surface area contributed by atoms with E-state index in [2.05, 4.69) is 11.3 Å². The van der Waals surface area contributed by atoms with E-state index in [-0.39, 0.29) is 9.99 Å². The molecule has 70 valence electrons. The molecular weight excluding hydrogens is 188 g/mol. The van der Waals surface area contributed by atoms with E-state index in [9.17, 15) is 8.42 Å². The lowest BCUT2D eigenvalue weighted by Gasteiger charge is -2.04. The van der Waals surface area contributed by atoms with E-state index in [4.69, 9.17) is 0 Å². The van der Waals surface area contributed by atoms with Crippen LogP contribution in [0.4, 0.5) is 0 Å². The van der Waals surface area contributed by atoms with Gasteiger partial charge in [0.25, 0.3) is 0 Å². The first-order chi connectivity index (χ1) is 6.09. The third kappa shape index (κ3) is 1.89. The Morgan fingerprint density at radius 3 is 2.31 bits per heavy atom. The monoisotopic (exact) mass is 198 g/mol. The van der Waals surface area contributed by atoms with Crippen molar-refractivity contribution < 1.29 is 13.2 Å². The van der Waals surface area contributed by atoms with Crippen molar-refractivity contribution in [3.63, 3.8) is 0 Å². The molecule has 0 heterocycles. The van der Waals surface area contributed by atoms with Gasteiger partial charge in [0.1, 0.15) is 0 Å². The van der Waals surface area contributed by atoms with Crippen LogP contribution in [0.2, 0.25) is 0 Å². The SMILES string of the molecule is C=C(OC)S(=O)(=O)c1ccccc1. The van der Waals surface area contributed by atoms with Gasteiger partial charge >= 0.3 is 0 Å². The third-order valence-electron chi connectivity index (χ3n) is 1.58. The average Bonchev–Trinajstić information content (AvgIpc) is 2.18. The van der Waals surface area contributed by atoms with Crippen LogP contribution in [0.15, 0.2) is 46.9 Å². The summed E-state index contributed by atoms with van der Waals surface area (Å²) < 4.78 is 27.7. The normalized spacial score (nSPS) is 10.8. The summed E-state index contributed by atoms with van der Waals surface area (Å²) in [6.07, 6.45) is 0. The number of sulfone groups is 1. The Kier molecular flexibility index (Phi) is 2.72. The fraction of sp³-hybridized carbons (Fsp3) is 0.111. The zero-order valence-corrected chi connectivity index (χ0v) is 8.04. The van der Waals surface area contributed by atoms with Crippen molar-refractivity contribution in [2.45, 2.75) is 4.90 Å². The van der Waals surface area contributed by atoms with Gasteiger partial charge in [-0.15, -0.1) is 0 Å². The first-order valence-electron chi connectivity index (χ1n) is 3.62. The molecule has 0 aliphatic carbocycles. The molecule has 0 aliphatic heterocycles. The molecule has 3 nitrogen and oxygen atoms in total. The molecule has 0 unspecified atom stereocenters. The van der Waals surface area contributed by atoms with Crippen molar-refractivity contribution in [3.8, 4) is 0 Å². The van der Waals surface area contributed by atoms with Gasteiger partial charge in [0.2, 0.25) is 14.9 Å². The second kappa shape index (κ2) is 3.62. The smallest absolute Gasteiger partial charge is 0.238 e. The maximum atomic E-state index is 11.5.